The molecule has 88 valence electrons. The lowest BCUT2D eigenvalue weighted by atomic mass is 9.92. The molecule has 0 saturated heterocycles. The molecule has 0 radical (unpaired) electrons. The average Bonchev–Trinajstić information content (AvgIpc) is 2.30. The molecule has 1 aliphatic heterocycles. The summed E-state index contributed by atoms with van der Waals surface area (Å²) in [4.78, 5) is 2.54. The normalized spacial score (nSPS) is 20.8. The van der Waals surface area contributed by atoms with Gasteiger partial charge in [0.25, 0.3) is 0 Å². The number of nitrogens with zero attached hydrogens (tertiary/aromatic N) is 1. The van der Waals surface area contributed by atoms with Crippen LogP contribution in [0.2, 0.25) is 0 Å². The molecule has 2 nitrogen and oxygen atoms in total. The number of hydrogen-bond acceptors (Lipinski definition) is 2. The number of fused-ring (bicyclic) bond motifs is 1. The largest absolute Gasteiger partial charge is 0.316 e. The maximum atomic E-state index is 3.21. The summed E-state index contributed by atoms with van der Waals surface area (Å²) in [7, 11) is 2.00. The summed E-state index contributed by atoms with van der Waals surface area (Å²) in [5.74, 6) is 0. The van der Waals surface area contributed by atoms with Crippen molar-refractivity contribution in [2.45, 2.75) is 32.9 Å². The number of rotatable bonds is 3. The van der Waals surface area contributed by atoms with Crippen molar-refractivity contribution in [1.82, 2.24) is 10.2 Å². The summed E-state index contributed by atoms with van der Waals surface area (Å²) in [6, 6.07) is 7.52. The Morgan fingerprint density at radius 3 is 2.94 bits per heavy atom. The fourth-order valence-electron chi connectivity index (χ4n) is 2.68. The molecule has 1 heterocycles. The first kappa shape index (κ1) is 11.6. The van der Waals surface area contributed by atoms with Crippen molar-refractivity contribution in [2.75, 3.05) is 20.1 Å². The fourth-order valence-corrected chi connectivity index (χ4v) is 2.68. The van der Waals surface area contributed by atoms with Gasteiger partial charge < -0.3 is 5.32 Å². The first-order valence-electron chi connectivity index (χ1n) is 6.26. The molecule has 2 heteroatoms. The highest BCUT2D eigenvalue weighted by Gasteiger charge is 2.22. The van der Waals surface area contributed by atoms with Crippen molar-refractivity contribution in [3.8, 4) is 0 Å². The van der Waals surface area contributed by atoms with E-state index in [-0.39, 0.29) is 0 Å². The van der Waals surface area contributed by atoms with Gasteiger partial charge in [0.15, 0.2) is 0 Å². The SMILES string of the molecule is CCN1CCc2cc(CNC)ccc2C1C. The summed E-state index contributed by atoms with van der Waals surface area (Å²) >= 11 is 0. The predicted molar refractivity (Wildman–Crippen MR) is 68.6 cm³/mol. The van der Waals surface area contributed by atoms with Gasteiger partial charge in [-0.15, -0.1) is 0 Å². The van der Waals surface area contributed by atoms with Crippen LogP contribution in [0.15, 0.2) is 18.2 Å². The Morgan fingerprint density at radius 1 is 1.44 bits per heavy atom. The molecule has 0 amide bonds. The first-order chi connectivity index (χ1) is 7.76. The summed E-state index contributed by atoms with van der Waals surface area (Å²) in [6.45, 7) is 7.89. The van der Waals surface area contributed by atoms with Crippen LogP contribution in [0.5, 0.6) is 0 Å². The predicted octanol–water partition coefficient (Wildman–Crippen LogP) is 2.35. The van der Waals surface area contributed by atoms with E-state index in [9.17, 15) is 0 Å². The van der Waals surface area contributed by atoms with Crippen molar-refractivity contribution in [1.29, 1.82) is 0 Å². The van der Waals surface area contributed by atoms with Crippen molar-refractivity contribution < 1.29 is 0 Å². The summed E-state index contributed by atoms with van der Waals surface area (Å²) in [6.07, 6.45) is 1.20. The summed E-state index contributed by atoms with van der Waals surface area (Å²) in [5, 5.41) is 3.21. The number of nitrogens with one attached hydrogen (secondary N) is 1. The molecule has 0 bridgehead atoms. The van der Waals surface area contributed by atoms with Gasteiger partial charge in [-0.05, 0) is 43.6 Å². The van der Waals surface area contributed by atoms with Crippen LogP contribution < -0.4 is 5.32 Å². The molecule has 1 aromatic carbocycles. The third-order valence-corrected chi connectivity index (χ3v) is 3.66. The lowest BCUT2D eigenvalue weighted by molar-refractivity contribution is 0.209. The van der Waals surface area contributed by atoms with Crippen LogP contribution in [0.25, 0.3) is 0 Å². The van der Waals surface area contributed by atoms with Gasteiger partial charge in [0.2, 0.25) is 0 Å². The molecule has 1 aliphatic rings. The molecule has 1 N–H and O–H groups in total. The third-order valence-electron chi connectivity index (χ3n) is 3.66. The summed E-state index contributed by atoms with van der Waals surface area (Å²) in [5.41, 5.74) is 4.47. The number of likely N-dealkylation sites (N-methyl/N-ethyl adjacent to an activating group) is 1. The van der Waals surface area contributed by atoms with Crippen LogP contribution >= 0.6 is 0 Å². The van der Waals surface area contributed by atoms with Crippen LogP contribution in [0.3, 0.4) is 0 Å². The van der Waals surface area contributed by atoms with Crippen LogP contribution in [0.1, 0.15) is 36.6 Å². The molecule has 1 unspecified atom stereocenters. The molecule has 0 aliphatic carbocycles. The van der Waals surface area contributed by atoms with Gasteiger partial charge in [0, 0.05) is 19.1 Å². The Kier molecular flexibility index (Phi) is 3.62. The van der Waals surface area contributed by atoms with Crippen molar-refractivity contribution in [2.24, 2.45) is 0 Å². The number of benzene rings is 1. The van der Waals surface area contributed by atoms with Gasteiger partial charge in [-0.25, -0.2) is 0 Å². The molecule has 2 rings (SSSR count). The topological polar surface area (TPSA) is 15.3 Å². The molecule has 0 aromatic heterocycles. The molecule has 16 heavy (non-hydrogen) atoms. The second-order valence-corrected chi connectivity index (χ2v) is 4.62. The van der Waals surface area contributed by atoms with E-state index in [0.717, 1.165) is 13.1 Å². The summed E-state index contributed by atoms with van der Waals surface area (Å²) < 4.78 is 0. The maximum Gasteiger partial charge on any atom is 0.0322 e. The van der Waals surface area contributed by atoms with E-state index in [1.54, 1.807) is 5.56 Å². The van der Waals surface area contributed by atoms with Gasteiger partial charge in [-0.1, -0.05) is 25.1 Å². The van der Waals surface area contributed by atoms with Crippen molar-refractivity contribution in [3.05, 3.63) is 34.9 Å². The monoisotopic (exact) mass is 218 g/mol. The van der Waals surface area contributed by atoms with Gasteiger partial charge in [0.1, 0.15) is 0 Å². The molecule has 0 spiro atoms. The fraction of sp³-hybridized carbons (Fsp3) is 0.571. The standard InChI is InChI=1S/C14H22N2/c1-4-16-8-7-13-9-12(10-15-3)5-6-14(13)11(16)2/h5-6,9,11,15H,4,7-8,10H2,1-3H3. The van der Waals surface area contributed by atoms with Gasteiger partial charge in [-0.2, -0.15) is 0 Å². The van der Waals surface area contributed by atoms with E-state index in [0.29, 0.717) is 6.04 Å². The van der Waals surface area contributed by atoms with E-state index < -0.39 is 0 Å². The molecule has 0 fully saturated rings. The van der Waals surface area contributed by atoms with E-state index in [2.05, 4.69) is 42.3 Å². The van der Waals surface area contributed by atoms with Crippen LogP contribution in [0.4, 0.5) is 0 Å². The Morgan fingerprint density at radius 2 is 2.25 bits per heavy atom. The highest BCUT2D eigenvalue weighted by atomic mass is 15.1. The second kappa shape index (κ2) is 4.98. The van der Waals surface area contributed by atoms with Gasteiger partial charge >= 0.3 is 0 Å². The van der Waals surface area contributed by atoms with Crippen molar-refractivity contribution >= 4 is 0 Å². The zero-order valence-corrected chi connectivity index (χ0v) is 10.6. The Hall–Kier alpha value is -0.860. The highest BCUT2D eigenvalue weighted by Crippen LogP contribution is 2.29. The van der Waals surface area contributed by atoms with E-state index in [4.69, 9.17) is 0 Å². The lowest BCUT2D eigenvalue weighted by Gasteiger charge is -2.34. The smallest absolute Gasteiger partial charge is 0.0322 e. The van der Waals surface area contributed by atoms with Crippen LogP contribution in [-0.2, 0) is 13.0 Å². The van der Waals surface area contributed by atoms with Crippen LogP contribution in [-0.4, -0.2) is 25.0 Å². The molecule has 1 aromatic rings. The lowest BCUT2D eigenvalue weighted by Crippen LogP contribution is -2.33. The minimum absolute atomic E-state index is 0.581. The van der Waals surface area contributed by atoms with E-state index >= 15 is 0 Å². The zero-order valence-electron chi connectivity index (χ0n) is 10.6. The first-order valence-corrected chi connectivity index (χ1v) is 6.26. The molecule has 0 saturated carbocycles. The van der Waals surface area contributed by atoms with Crippen LogP contribution in [0, 0.1) is 0 Å². The van der Waals surface area contributed by atoms with Gasteiger partial charge in [0.05, 0.1) is 0 Å². The van der Waals surface area contributed by atoms with E-state index in [1.165, 1.54) is 24.1 Å². The van der Waals surface area contributed by atoms with Crippen molar-refractivity contribution in [3.63, 3.8) is 0 Å². The average molecular weight is 218 g/mol. The third kappa shape index (κ3) is 2.13. The van der Waals surface area contributed by atoms with Gasteiger partial charge in [-0.3, -0.25) is 4.90 Å². The maximum absolute atomic E-state index is 3.21. The van der Waals surface area contributed by atoms with E-state index in [1.807, 2.05) is 7.05 Å². The quantitative estimate of drug-likeness (QED) is 0.838. The number of hydrogen-bond donors (Lipinski definition) is 1. The molecular weight excluding hydrogens is 196 g/mol. The minimum atomic E-state index is 0.581. The Balaban J connectivity index is 2.26. The molecule has 1 atom stereocenters. The Labute approximate surface area is 98.7 Å². The highest BCUT2D eigenvalue weighted by molar-refractivity contribution is 5.36. The Bertz CT molecular complexity index is 360. The molecular formula is C14H22N2. The second-order valence-electron chi connectivity index (χ2n) is 4.62. The minimum Gasteiger partial charge on any atom is -0.316 e. The zero-order chi connectivity index (χ0) is 11.5.